The minimum absolute atomic E-state index is 0. The Morgan fingerprint density at radius 3 is 1.54 bits per heavy atom. The summed E-state index contributed by atoms with van der Waals surface area (Å²) in [6.07, 6.45) is 5.65. The number of hydrogen-bond donors (Lipinski definition) is 0. The van der Waals surface area contributed by atoms with Gasteiger partial charge in [0, 0.05) is 44.9 Å². The van der Waals surface area contributed by atoms with Crippen LogP contribution in [-0.2, 0) is 0 Å². The summed E-state index contributed by atoms with van der Waals surface area (Å²) < 4.78 is 3.53. The third-order valence-electron chi connectivity index (χ3n) is 7.39. The Balaban J connectivity index is 0.000000282. The van der Waals surface area contributed by atoms with Gasteiger partial charge in [-0.25, -0.2) is 19.9 Å². The molecular weight excluding hydrogens is 823 g/mol. The van der Waals surface area contributed by atoms with E-state index in [0.29, 0.717) is 11.8 Å². The van der Waals surface area contributed by atoms with Gasteiger partial charge in [0.2, 0.25) is 0 Å². The van der Waals surface area contributed by atoms with Crippen molar-refractivity contribution in [2.45, 2.75) is 87.0 Å². The van der Waals surface area contributed by atoms with E-state index in [1.165, 1.54) is 59.4 Å². The van der Waals surface area contributed by atoms with E-state index in [1.807, 2.05) is 0 Å². The first-order chi connectivity index (χ1) is 22.4. The second-order valence-corrected chi connectivity index (χ2v) is 15.4. The Bertz CT molecular complexity index is 1880. The average molecular weight is 868 g/mol. The second-order valence-electron chi connectivity index (χ2n) is 12.2. The molecule has 0 aliphatic heterocycles. The van der Waals surface area contributed by atoms with Crippen LogP contribution in [0.15, 0.2) is 58.2 Å². The fraction of sp³-hybridized carbons (Fsp3) is 0.342. The van der Waals surface area contributed by atoms with Gasteiger partial charge in [-0.3, -0.25) is 0 Å². The van der Waals surface area contributed by atoms with Crippen molar-refractivity contribution in [2.75, 3.05) is 0 Å². The first-order valence-electron chi connectivity index (χ1n) is 15.7. The van der Waals surface area contributed by atoms with E-state index in [0.717, 1.165) is 33.5 Å². The fourth-order valence-corrected chi connectivity index (χ4v) is 8.79. The quantitative estimate of drug-likeness (QED) is 0.128. The van der Waals surface area contributed by atoms with Crippen molar-refractivity contribution >= 4 is 87.3 Å². The van der Waals surface area contributed by atoms with Gasteiger partial charge in [-0.15, -0.1) is 22.7 Å². The normalized spacial score (nSPS) is 10.6. The van der Waals surface area contributed by atoms with Crippen molar-refractivity contribution in [1.29, 1.82) is 0 Å². The van der Waals surface area contributed by atoms with E-state index in [2.05, 4.69) is 175 Å². The summed E-state index contributed by atoms with van der Waals surface area (Å²) in [5.41, 5.74) is 14.3. The molecule has 4 nitrogen and oxygen atoms in total. The third kappa shape index (κ3) is 10.8. The number of hydrogen-bond acceptors (Lipinski definition) is 6. The summed E-state index contributed by atoms with van der Waals surface area (Å²) in [6.45, 7) is 23.0. The van der Waals surface area contributed by atoms with Gasteiger partial charge in [0.25, 0.3) is 0 Å². The van der Waals surface area contributed by atoms with Crippen molar-refractivity contribution in [3.05, 3.63) is 98.5 Å². The van der Waals surface area contributed by atoms with Gasteiger partial charge in [0.05, 0.1) is 35.6 Å². The first kappa shape index (κ1) is 42.7. The first-order valence-corrected chi connectivity index (χ1v) is 21.9. The standard InChI is InChI=1S/C17H17BrN2S.C17H18N2S.C4H9.Br2.Li/c1-9(2)13-15-16(21-17(13)18)14(19-8-20-15)12-6-10(3)5-11(4)7-12;1-10(2)14-8-20-17-15(18-9-19-16(14)17)13-6-11(3)5-12(4)7-13;1-3-4-2;1-2;/h5-9H,1-4H3;5-10H,1-4H3;1,3-4H2,2H3;;/q;;-1;;+1. The molecule has 0 saturated carbocycles. The molecule has 0 saturated heterocycles. The van der Waals surface area contributed by atoms with Gasteiger partial charge in [-0.2, -0.15) is 6.42 Å². The van der Waals surface area contributed by atoms with Crippen molar-refractivity contribution < 1.29 is 18.9 Å². The molecule has 6 aromatic rings. The van der Waals surface area contributed by atoms with Gasteiger partial charge < -0.3 is 6.92 Å². The van der Waals surface area contributed by atoms with Crippen molar-refractivity contribution in [3.8, 4) is 22.5 Å². The Morgan fingerprint density at radius 2 is 1.12 bits per heavy atom. The van der Waals surface area contributed by atoms with Crippen LogP contribution in [0.2, 0.25) is 0 Å². The predicted octanol–water partition coefficient (Wildman–Crippen LogP) is 11.3. The van der Waals surface area contributed by atoms with Gasteiger partial charge in [0.15, 0.2) is 0 Å². The molecule has 10 heteroatoms. The maximum Gasteiger partial charge on any atom is 1.00 e. The molecule has 6 rings (SSSR count). The molecule has 0 radical (unpaired) electrons. The second kappa shape index (κ2) is 20.4. The smallest absolute Gasteiger partial charge is 0.343 e. The Hall–Kier alpha value is -1.44. The van der Waals surface area contributed by atoms with Crippen LogP contribution in [-0.4, -0.2) is 19.9 Å². The van der Waals surface area contributed by atoms with Crippen molar-refractivity contribution in [3.63, 3.8) is 0 Å². The summed E-state index contributed by atoms with van der Waals surface area (Å²) in [4.78, 5) is 18.1. The molecule has 0 aliphatic carbocycles. The van der Waals surface area contributed by atoms with E-state index in [1.54, 1.807) is 35.3 Å². The summed E-state index contributed by atoms with van der Waals surface area (Å²) >= 11 is 12.7. The Morgan fingerprint density at radius 1 is 0.688 bits per heavy atom. The fourth-order valence-electron chi connectivity index (χ4n) is 5.31. The topological polar surface area (TPSA) is 51.6 Å². The molecule has 250 valence electrons. The molecule has 0 spiro atoms. The number of fused-ring (bicyclic) bond motifs is 2. The Labute approximate surface area is 331 Å². The van der Waals surface area contributed by atoms with E-state index in [4.69, 9.17) is 0 Å². The van der Waals surface area contributed by atoms with Crippen molar-refractivity contribution in [2.24, 2.45) is 0 Å². The number of halogens is 3. The molecule has 4 aromatic heterocycles. The summed E-state index contributed by atoms with van der Waals surface area (Å²) in [5, 5.41) is 2.22. The molecule has 0 unspecified atom stereocenters. The molecule has 4 heterocycles. The maximum atomic E-state index is 4.55. The summed E-state index contributed by atoms with van der Waals surface area (Å²) in [5.74, 6) is 0.931. The van der Waals surface area contributed by atoms with Gasteiger partial charge >= 0.3 is 18.9 Å². The molecule has 48 heavy (non-hydrogen) atoms. The van der Waals surface area contributed by atoms with Crippen LogP contribution >= 0.6 is 66.9 Å². The van der Waals surface area contributed by atoms with E-state index >= 15 is 0 Å². The number of benzene rings is 2. The molecule has 0 bridgehead atoms. The predicted molar refractivity (Wildman–Crippen MR) is 219 cm³/mol. The molecule has 0 N–H and O–H groups in total. The molecular formula is C38H44Br3LiN4S2. The average Bonchev–Trinajstić information content (AvgIpc) is 3.62. The number of aryl methyl sites for hydroxylation is 4. The number of aromatic nitrogens is 4. The molecule has 0 fully saturated rings. The van der Waals surface area contributed by atoms with Crippen LogP contribution < -0.4 is 18.9 Å². The van der Waals surface area contributed by atoms with Crippen LogP contribution in [0.1, 0.15) is 92.7 Å². The molecule has 0 amide bonds. The number of thiophene rings is 2. The summed E-state index contributed by atoms with van der Waals surface area (Å²) in [6, 6.07) is 13.2. The minimum Gasteiger partial charge on any atom is -0.343 e. The molecule has 2 aromatic carbocycles. The largest absolute Gasteiger partial charge is 1.00 e. The third-order valence-corrected chi connectivity index (χ3v) is 10.3. The van der Waals surface area contributed by atoms with Crippen LogP contribution in [0.3, 0.4) is 0 Å². The van der Waals surface area contributed by atoms with Crippen LogP contribution in [0.5, 0.6) is 0 Å². The van der Waals surface area contributed by atoms with E-state index in [-0.39, 0.29) is 18.9 Å². The Kier molecular flexibility index (Phi) is 18.2. The molecule has 0 atom stereocenters. The van der Waals surface area contributed by atoms with Crippen LogP contribution in [0.25, 0.3) is 42.9 Å². The van der Waals surface area contributed by atoms with Crippen molar-refractivity contribution in [1.82, 2.24) is 19.9 Å². The van der Waals surface area contributed by atoms with Gasteiger partial charge in [0.1, 0.15) is 12.7 Å². The number of nitrogens with zero attached hydrogens (tertiary/aromatic N) is 4. The zero-order valence-electron chi connectivity index (χ0n) is 29.7. The van der Waals surface area contributed by atoms with Crippen LogP contribution in [0, 0.1) is 34.6 Å². The van der Waals surface area contributed by atoms with Gasteiger partial charge in [-0.1, -0.05) is 75.4 Å². The maximum absolute atomic E-state index is 4.55. The number of rotatable bonds is 5. The van der Waals surface area contributed by atoms with Crippen LogP contribution in [0.4, 0.5) is 0 Å². The minimum atomic E-state index is 0. The molecule has 0 aliphatic rings. The zero-order valence-corrected chi connectivity index (χ0v) is 36.1. The van der Waals surface area contributed by atoms with E-state index in [9.17, 15) is 0 Å². The van der Waals surface area contributed by atoms with Gasteiger partial charge in [-0.05, 0) is 90.7 Å². The van der Waals surface area contributed by atoms with E-state index < -0.39 is 0 Å². The number of unbranched alkanes of at least 4 members (excludes halogenated alkanes) is 1. The monoisotopic (exact) mass is 864 g/mol. The SMILES string of the molecule is BrBr.Cc1cc(C)cc(-c2ncnc3c(C(C)C)c(Br)sc23)c1.Cc1cc(C)cc(-c2ncnc3c(C(C)C)csc23)c1.[CH2-]CCC.[Li+]. The zero-order chi connectivity index (χ0) is 34.8. The summed E-state index contributed by atoms with van der Waals surface area (Å²) in [7, 11) is 0.